The Labute approximate surface area is 158 Å². The summed E-state index contributed by atoms with van der Waals surface area (Å²) in [5.74, 6) is 2.39. The van der Waals surface area contributed by atoms with Crippen LogP contribution in [0.25, 0.3) is 10.2 Å². The van der Waals surface area contributed by atoms with E-state index in [1.165, 1.54) is 11.8 Å². The molecule has 3 heterocycles. The van der Waals surface area contributed by atoms with Gasteiger partial charge >= 0.3 is 0 Å². The number of methoxy groups -OCH3 is 1. The van der Waals surface area contributed by atoms with Crippen LogP contribution in [0.1, 0.15) is 0 Å². The van der Waals surface area contributed by atoms with Crippen LogP contribution in [0.2, 0.25) is 0 Å². The molecule has 1 aromatic carbocycles. The van der Waals surface area contributed by atoms with Gasteiger partial charge in [0.25, 0.3) is 0 Å². The minimum absolute atomic E-state index is 0.344. The third-order valence-electron chi connectivity index (χ3n) is 3.62. The molecule has 0 saturated carbocycles. The first-order valence-electron chi connectivity index (χ1n) is 7.81. The average Bonchev–Trinajstić information content (AvgIpc) is 3.13. The van der Waals surface area contributed by atoms with E-state index in [4.69, 9.17) is 15.2 Å². The van der Waals surface area contributed by atoms with Crippen molar-refractivity contribution in [2.24, 2.45) is 0 Å². The highest BCUT2D eigenvalue weighted by molar-refractivity contribution is 7.99. The van der Waals surface area contributed by atoms with Crippen molar-refractivity contribution < 1.29 is 9.47 Å². The van der Waals surface area contributed by atoms with Gasteiger partial charge in [-0.05, 0) is 23.6 Å². The molecule has 5 nitrogen and oxygen atoms in total. The second-order valence-electron chi connectivity index (χ2n) is 5.37. The number of nitrogens with two attached hydrogens (primary N) is 1. The molecule has 0 bridgehead atoms. The molecule has 0 aliphatic rings. The van der Waals surface area contributed by atoms with E-state index < -0.39 is 0 Å². The fourth-order valence-electron chi connectivity index (χ4n) is 2.42. The van der Waals surface area contributed by atoms with Crippen LogP contribution in [0.3, 0.4) is 0 Å². The van der Waals surface area contributed by atoms with Crippen LogP contribution >= 0.6 is 23.1 Å². The maximum atomic E-state index is 5.96. The molecule has 0 aliphatic carbocycles. The normalized spacial score (nSPS) is 10.8. The van der Waals surface area contributed by atoms with Crippen molar-refractivity contribution in [1.82, 2.24) is 9.97 Å². The zero-order valence-electron chi connectivity index (χ0n) is 13.9. The minimum atomic E-state index is 0.344. The number of ether oxygens (including phenoxy) is 2. The highest BCUT2D eigenvalue weighted by Gasteiger charge is 2.11. The van der Waals surface area contributed by atoms with Crippen LogP contribution in [0.15, 0.2) is 70.0 Å². The summed E-state index contributed by atoms with van der Waals surface area (Å²) in [5.41, 5.74) is 6.87. The van der Waals surface area contributed by atoms with E-state index in [2.05, 4.69) is 9.97 Å². The number of para-hydroxylation sites is 1. The maximum Gasteiger partial charge on any atom is 0.170 e. The summed E-state index contributed by atoms with van der Waals surface area (Å²) >= 11 is 3.10. The number of aromatic nitrogens is 2. The predicted molar refractivity (Wildman–Crippen MR) is 105 cm³/mol. The lowest BCUT2D eigenvalue weighted by atomic mass is 10.3. The smallest absolute Gasteiger partial charge is 0.170 e. The van der Waals surface area contributed by atoms with Crippen molar-refractivity contribution in [3.8, 4) is 17.2 Å². The van der Waals surface area contributed by atoms with Crippen LogP contribution in [-0.4, -0.2) is 17.1 Å². The average molecular weight is 381 g/mol. The van der Waals surface area contributed by atoms with Gasteiger partial charge < -0.3 is 15.2 Å². The molecule has 0 saturated heterocycles. The van der Waals surface area contributed by atoms with Crippen molar-refractivity contribution in [3.05, 3.63) is 60.1 Å². The number of anilines is 1. The van der Waals surface area contributed by atoms with Crippen LogP contribution in [-0.2, 0) is 0 Å². The predicted octanol–water partition coefficient (Wildman–Crippen LogP) is 5.23. The first-order valence-corrected chi connectivity index (χ1v) is 9.51. The van der Waals surface area contributed by atoms with Gasteiger partial charge in [0.15, 0.2) is 11.6 Å². The van der Waals surface area contributed by atoms with Gasteiger partial charge in [0.2, 0.25) is 0 Å². The Morgan fingerprint density at radius 3 is 2.73 bits per heavy atom. The third-order valence-corrected chi connectivity index (χ3v) is 5.42. The lowest BCUT2D eigenvalue weighted by Gasteiger charge is -2.10. The molecule has 130 valence electrons. The molecule has 26 heavy (non-hydrogen) atoms. The van der Waals surface area contributed by atoms with Gasteiger partial charge in [-0.15, -0.1) is 11.3 Å². The fraction of sp³-hybridized carbons (Fsp3) is 0.0526. The topological polar surface area (TPSA) is 70.3 Å². The van der Waals surface area contributed by atoms with Crippen molar-refractivity contribution in [2.75, 3.05) is 12.8 Å². The molecule has 7 heteroatoms. The fourth-order valence-corrected chi connectivity index (χ4v) is 4.07. The Kier molecular flexibility index (Phi) is 4.64. The number of hydrogen-bond acceptors (Lipinski definition) is 7. The monoisotopic (exact) mass is 381 g/mol. The van der Waals surface area contributed by atoms with Crippen molar-refractivity contribution in [2.45, 2.75) is 9.92 Å². The van der Waals surface area contributed by atoms with E-state index in [-0.39, 0.29) is 0 Å². The molecule has 0 fully saturated rings. The summed E-state index contributed by atoms with van der Waals surface area (Å²) < 4.78 is 12.4. The Morgan fingerprint density at radius 1 is 1.08 bits per heavy atom. The zero-order chi connectivity index (χ0) is 17.9. The molecule has 0 aliphatic heterocycles. The van der Waals surface area contributed by atoms with Gasteiger partial charge in [0, 0.05) is 23.2 Å². The Morgan fingerprint density at radius 2 is 1.92 bits per heavy atom. The van der Waals surface area contributed by atoms with Crippen LogP contribution in [0.4, 0.5) is 5.82 Å². The number of fused-ring (bicyclic) bond motifs is 1. The Hall–Kier alpha value is -2.77. The number of rotatable bonds is 5. The zero-order valence-corrected chi connectivity index (χ0v) is 15.5. The van der Waals surface area contributed by atoms with Crippen LogP contribution < -0.4 is 15.2 Å². The van der Waals surface area contributed by atoms with E-state index in [1.807, 2.05) is 53.9 Å². The van der Waals surface area contributed by atoms with Gasteiger partial charge in [0.1, 0.15) is 16.5 Å². The van der Waals surface area contributed by atoms with Crippen LogP contribution in [0.5, 0.6) is 17.2 Å². The second kappa shape index (κ2) is 7.23. The molecule has 4 rings (SSSR count). The third kappa shape index (κ3) is 3.44. The number of pyridine rings is 2. The van der Waals surface area contributed by atoms with Crippen molar-refractivity contribution in [1.29, 1.82) is 0 Å². The summed E-state index contributed by atoms with van der Waals surface area (Å²) in [6.07, 6.45) is 1.71. The summed E-state index contributed by atoms with van der Waals surface area (Å²) in [4.78, 5) is 9.79. The summed E-state index contributed by atoms with van der Waals surface area (Å²) in [5, 5.41) is 2.83. The minimum Gasteiger partial charge on any atom is -0.495 e. The summed E-state index contributed by atoms with van der Waals surface area (Å²) in [6, 6.07) is 15.3. The molecule has 0 atom stereocenters. The molecule has 0 spiro atoms. The molecule has 2 N–H and O–H groups in total. The van der Waals surface area contributed by atoms with Crippen molar-refractivity contribution in [3.63, 3.8) is 0 Å². The van der Waals surface area contributed by atoms with E-state index in [9.17, 15) is 0 Å². The maximum absolute atomic E-state index is 5.96. The largest absolute Gasteiger partial charge is 0.495 e. The summed E-state index contributed by atoms with van der Waals surface area (Å²) in [7, 11) is 1.67. The number of thiophene rings is 1. The first-order chi connectivity index (χ1) is 12.7. The quantitative estimate of drug-likeness (QED) is 0.511. The standard InChI is InChI=1S/C19H15N3O2S2/c1-23-15-10-17(22-14-7-8-25-18(14)15)26-13-9-16(19(20)21-11-13)24-12-5-3-2-4-6-12/h2-11H,1H3,(H2,20,21). The number of benzene rings is 1. The molecule has 3 aromatic heterocycles. The molecule has 0 amide bonds. The first kappa shape index (κ1) is 16.7. The van der Waals surface area contributed by atoms with Gasteiger partial charge in [-0.3, -0.25) is 0 Å². The van der Waals surface area contributed by atoms with Crippen LogP contribution in [0, 0.1) is 0 Å². The van der Waals surface area contributed by atoms with E-state index in [0.29, 0.717) is 17.3 Å². The lowest BCUT2D eigenvalue weighted by molar-refractivity contribution is 0.419. The summed E-state index contributed by atoms with van der Waals surface area (Å²) in [6.45, 7) is 0. The number of hydrogen-bond donors (Lipinski definition) is 1. The lowest BCUT2D eigenvalue weighted by Crippen LogP contribution is -1.95. The molecular weight excluding hydrogens is 366 g/mol. The molecular formula is C19H15N3O2S2. The number of nitrogens with zero attached hydrogens (tertiary/aromatic N) is 2. The van der Waals surface area contributed by atoms with Crippen molar-refractivity contribution >= 4 is 39.1 Å². The Balaban J connectivity index is 1.63. The van der Waals surface area contributed by atoms with E-state index >= 15 is 0 Å². The molecule has 0 unspecified atom stereocenters. The highest BCUT2D eigenvalue weighted by atomic mass is 32.2. The molecule has 4 aromatic rings. The molecule has 0 radical (unpaired) electrons. The number of nitrogen functional groups attached to an aromatic ring is 1. The van der Waals surface area contributed by atoms with Gasteiger partial charge in [-0.25, -0.2) is 9.97 Å². The second-order valence-corrected chi connectivity index (χ2v) is 7.38. The van der Waals surface area contributed by atoms with Gasteiger partial charge in [-0.1, -0.05) is 30.0 Å². The van der Waals surface area contributed by atoms with Gasteiger partial charge in [0.05, 0.1) is 17.3 Å². The Bertz CT molecular complexity index is 1050. The SMILES string of the molecule is COc1cc(Sc2cnc(N)c(Oc3ccccc3)c2)nc2ccsc12. The van der Waals surface area contributed by atoms with E-state index in [0.717, 1.165) is 25.9 Å². The highest BCUT2D eigenvalue weighted by Crippen LogP contribution is 2.37. The van der Waals surface area contributed by atoms with E-state index in [1.54, 1.807) is 24.6 Å². The van der Waals surface area contributed by atoms with Gasteiger partial charge in [-0.2, -0.15) is 0 Å².